The first-order chi connectivity index (χ1) is 6.34. The Hall–Kier alpha value is -1.28. The molecular formula is C11H12N2. The van der Waals surface area contributed by atoms with E-state index >= 15 is 0 Å². The lowest BCUT2D eigenvalue weighted by molar-refractivity contribution is 0.716. The van der Waals surface area contributed by atoms with Gasteiger partial charge in [-0.1, -0.05) is 18.2 Å². The predicted molar refractivity (Wildman–Crippen MR) is 53.7 cm³/mol. The fraction of sp³-hybridized carbons (Fsp3) is 0.273. The topological polar surface area (TPSA) is 41.8 Å². The Morgan fingerprint density at radius 1 is 1.23 bits per heavy atom. The van der Waals surface area contributed by atoms with Crippen molar-refractivity contribution in [2.45, 2.75) is 18.9 Å². The molecule has 0 radical (unpaired) electrons. The maximum Gasteiger partial charge on any atom is 0.0458 e. The molecule has 13 heavy (non-hydrogen) atoms. The van der Waals surface area contributed by atoms with Crippen molar-refractivity contribution in [2.75, 3.05) is 0 Å². The summed E-state index contributed by atoms with van der Waals surface area (Å²) in [4.78, 5) is 3.43. The van der Waals surface area contributed by atoms with Crippen molar-refractivity contribution in [3.05, 3.63) is 35.5 Å². The van der Waals surface area contributed by atoms with Crippen LogP contribution in [-0.2, 0) is 12.8 Å². The van der Waals surface area contributed by atoms with Crippen LogP contribution >= 0.6 is 0 Å². The average Bonchev–Trinajstić information content (AvgIpc) is 2.60. The molecule has 1 aliphatic rings. The van der Waals surface area contributed by atoms with Crippen LogP contribution in [0.1, 0.15) is 11.3 Å². The van der Waals surface area contributed by atoms with Crippen molar-refractivity contribution >= 4 is 10.9 Å². The zero-order valence-corrected chi connectivity index (χ0v) is 7.38. The third-order valence-electron chi connectivity index (χ3n) is 2.83. The Balaban J connectivity index is 2.31. The third kappa shape index (κ3) is 0.923. The first kappa shape index (κ1) is 7.15. The fourth-order valence-electron chi connectivity index (χ4n) is 2.26. The van der Waals surface area contributed by atoms with E-state index in [1.54, 1.807) is 0 Å². The Bertz CT molecular complexity index is 456. The molecule has 0 saturated heterocycles. The highest BCUT2D eigenvalue weighted by atomic mass is 14.8. The average molecular weight is 172 g/mol. The summed E-state index contributed by atoms with van der Waals surface area (Å²) in [5.74, 6) is 0. The number of fused-ring (bicyclic) bond motifs is 3. The van der Waals surface area contributed by atoms with Crippen LogP contribution in [-0.4, -0.2) is 11.0 Å². The zero-order valence-electron chi connectivity index (χ0n) is 7.38. The van der Waals surface area contributed by atoms with E-state index in [1.807, 2.05) is 0 Å². The second kappa shape index (κ2) is 2.36. The smallest absolute Gasteiger partial charge is 0.0458 e. The molecular weight excluding hydrogens is 160 g/mol. The van der Waals surface area contributed by atoms with Gasteiger partial charge in [0.2, 0.25) is 0 Å². The lowest BCUT2D eigenvalue weighted by Gasteiger charge is -1.98. The number of H-pyrrole nitrogens is 1. The summed E-state index contributed by atoms with van der Waals surface area (Å²) < 4.78 is 0. The van der Waals surface area contributed by atoms with Crippen molar-refractivity contribution in [3.8, 4) is 0 Å². The van der Waals surface area contributed by atoms with Crippen molar-refractivity contribution in [2.24, 2.45) is 5.73 Å². The summed E-state index contributed by atoms with van der Waals surface area (Å²) in [7, 11) is 0. The maximum absolute atomic E-state index is 5.90. The Morgan fingerprint density at radius 3 is 3.00 bits per heavy atom. The molecule has 0 aliphatic heterocycles. The van der Waals surface area contributed by atoms with E-state index in [0.29, 0.717) is 6.04 Å². The molecule has 66 valence electrons. The second-order valence-electron chi connectivity index (χ2n) is 3.80. The van der Waals surface area contributed by atoms with Gasteiger partial charge in [-0.25, -0.2) is 0 Å². The van der Waals surface area contributed by atoms with Gasteiger partial charge >= 0.3 is 0 Å². The molecule has 1 heterocycles. The highest BCUT2D eigenvalue weighted by Crippen LogP contribution is 2.28. The van der Waals surface area contributed by atoms with E-state index in [-0.39, 0.29) is 0 Å². The number of nitrogens with one attached hydrogen (secondary N) is 1. The van der Waals surface area contributed by atoms with Gasteiger partial charge in [-0.05, 0) is 18.1 Å². The molecule has 2 heteroatoms. The molecule has 0 spiro atoms. The minimum Gasteiger partial charge on any atom is -0.358 e. The van der Waals surface area contributed by atoms with Crippen molar-refractivity contribution in [3.63, 3.8) is 0 Å². The number of rotatable bonds is 0. The molecule has 1 aliphatic carbocycles. The summed E-state index contributed by atoms with van der Waals surface area (Å²) in [6, 6.07) is 8.77. The van der Waals surface area contributed by atoms with Gasteiger partial charge in [-0.15, -0.1) is 0 Å². The van der Waals surface area contributed by atoms with Crippen molar-refractivity contribution in [1.82, 2.24) is 4.98 Å². The Kier molecular flexibility index (Phi) is 1.30. The van der Waals surface area contributed by atoms with E-state index in [2.05, 4.69) is 29.2 Å². The molecule has 1 aromatic heterocycles. The monoisotopic (exact) mass is 172 g/mol. The molecule has 1 atom stereocenters. The van der Waals surface area contributed by atoms with Crippen LogP contribution in [0.5, 0.6) is 0 Å². The minimum atomic E-state index is 0.325. The van der Waals surface area contributed by atoms with Crippen LogP contribution in [0, 0.1) is 0 Å². The van der Waals surface area contributed by atoms with E-state index < -0.39 is 0 Å². The quantitative estimate of drug-likeness (QED) is 0.622. The van der Waals surface area contributed by atoms with E-state index in [4.69, 9.17) is 5.73 Å². The molecule has 0 saturated carbocycles. The molecule has 0 amide bonds. The van der Waals surface area contributed by atoms with Crippen LogP contribution < -0.4 is 5.73 Å². The first-order valence-electron chi connectivity index (χ1n) is 4.68. The van der Waals surface area contributed by atoms with E-state index in [9.17, 15) is 0 Å². The molecule has 2 nitrogen and oxygen atoms in total. The molecule has 0 fully saturated rings. The SMILES string of the molecule is NC1Cc2[nH]c3ccccc3c2C1. The number of para-hydroxylation sites is 1. The molecule has 1 unspecified atom stereocenters. The van der Waals surface area contributed by atoms with Crippen LogP contribution in [0.4, 0.5) is 0 Å². The number of hydrogen-bond donors (Lipinski definition) is 2. The number of aromatic amines is 1. The largest absolute Gasteiger partial charge is 0.358 e. The van der Waals surface area contributed by atoms with Crippen LogP contribution in [0.25, 0.3) is 10.9 Å². The van der Waals surface area contributed by atoms with Gasteiger partial charge in [0.15, 0.2) is 0 Å². The highest BCUT2D eigenvalue weighted by molar-refractivity contribution is 5.85. The maximum atomic E-state index is 5.90. The van der Waals surface area contributed by atoms with Gasteiger partial charge in [0.1, 0.15) is 0 Å². The van der Waals surface area contributed by atoms with Crippen LogP contribution in [0.15, 0.2) is 24.3 Å². The predicted octanol–water partition coefficient (Wildman–Crippen LogP) is 1.59. The van der Waals surface area contributed by atoms with E-state index in [0.717, 1.165) is 12.8 Å². The van der Waals surface area contributed by atoms with Gasteiger partial charge in [0.05, 0.1) is 0 Å². The molecule has 3 rings (SSSR count). The number of nitrogens with two attached hydrogens (primary N) is 1. The normalized spacial score (nSPS) is 20.8. The van der Waals surface area contributed by atoms with E-state index in [1.165, 1.54) is 22.2 Å². The van der Waals surface area contributed by atoms with Gasteiger partial charge < -0.3 is 10.7 Å². The summed E-state index contributed by atoms with van der Waals surface area (Å²) in [5, 5.41) is 1.35. The summed E-state index contributed by atoms with van der Waals surface area (Å²) in [6.07, 6.45) is 2.03. The van der Waals surface area contributed by atoms with Gasteiger partial charge in [0.25, 0.3) is 0 Å². The lowest BCUT2D eigenvalue weighted by Crippen LogP contribution is -2.19. The summed E-state index contributed by atoms with van der Waals surface area (Å²) in [6.45, 7) is 0. The first-order valence-corrected chi connectivity index (χ1v) is 4.68. The lowest BCUT2D eigenvalue weighted by atomic mass is 10.1. The van der Waals surface area contributed by atoms with Crippen LogP contribution in [0.2, 0.25) is 0 Å². The second-order valence-corrected chi connectivity index (χ2v) is 3.80. The number of hydrogen-bond acceptors (Lipinski definition) is 1. The summed E-state index contributed by atoms with van der Waals surface area (Å²) >= 11 is 0. The van der Waals surface area contributed by atoms with Crippen molar-refractivity contribution in [1.29, 1.82) is 0 Å². The van der Waals surface area contributed by atoms with Crippen LogP contribution in [0.3, 0.4) is 0 Å². The molecule has 0 bridgehead atoms. The summed E-state index contributed by atoms with van der Waals surface area (Å²) in [5.41, 5.74) is 9.92. The number of benzene rings is 1. The third-order valence-corrected chi connectivity index (χ3v) is 2.83. The Morgan fingerprint density at radius 2 is 2.08 bits per heavy atom. The zero-order chi connectivity index (χ0) is 8.84. The highest BCUT2D eigenvalue weighted by Gasteiger charge is 2.21. The minimum absolute atomic E-state index is 0.325. The van der Waals surface area contributed by atoms with Gasteiger partial charge in [-0.2, -0.15) is 0 Å². The molecule has 2 aromatic rings. The fourth-order valence-corrected chi connectivity index (χ4v) is 2.26. The van der Waals surface area contributed by atoms with Gasteiger partial charge in [0, 0.05) is 29.1 Å². The van der Waals surface area contributed by atoms with Crippen molar-refractivity contribution < 1.29 is 0 Å². The molecule has 1 aromatic carbocycles. The number of aromatic nitrogens is 1. The Labute approximate surface area is 76.8 Å². The standard InChI is InChI=1S/C11H12N2/c12-7-5-9-8-3-1-2-4-10(8)13-11(9)6-7/h1-4,7,13H,5-6,12H2. The van der Waals surface area contributed by atoms with Gasteiger partial charge in [-0.3, -0.25) is 0 Å². The molecule has 3 N–H and O–H groups in total.